The molecule has 10 heteroatoms. The topological polar surface area (TPSA) is 89.1 Å². The third-order valence-corrected chi connectivity index (χ3v) is 5.76. The Morgan fingerprint density at radius 3 is 2.71 bits per heavy atom. The molecule has 0 radical (unpaired) electrons. The monoisotopic (exact) mass is 520 g/mol. The fourth-order valence-corrected chi connectivity index (χ4v) is 4.26. The molecule has 156 valence electrons. The molecule has 28 heavy (non-hydrogen) atoms. The molecule has 2 fully saturated rings. The summed E-state index contributed by atoms with van der Waals surface area (Å²) < 4.78 is 0. The summed E-state index contributed by atoms with van der Waals surface area (Å²) in [5.74, 6) is 0.529. The zero-order valence-electron chi connectivity index (χ0n) is 16.1. The number of hydrogen-bond donors (Lipinski definition) is 3. The Labute approximate surface area is 187 Å². The summed E-state index contributed by atoms with van der Waals surface area (Å²) in [4.78, 5) is 33.1. The molecule has 2 aliphatic heterocycles. The van der Waals surface area contributed by atoms with Gasteiger partial charge >= 0.3 is 6.03 Å². The van der Waals surface area contributed by atoms with Crippen molar-refractivity contribution in [3.8, 4) is 0 Å². The maximum atomic E-state index is 11.6. The SMILES string of the molecule is CCNC(=NCC(c1cccs1)N1CCCC1)NCCN1C(=O)CNC1=O.I. The quantitative estimate of drug-likeness (QED) is 0.210. The van der Waals surface area contributed by atoms with Crippen LogP contribution in [0.3, 0.4) is 0 Å². The summed E-state index contributed by atoms with van der Waals surface area (Å²) in [6, 6.07) is 4.25. The first-order valence-corrected chi connectivity index (χ1v) is 10.4. The van der Waals surface area contributed by atoms with E-state index in [1.165, 1.54) is 22.6 Å². The first-order chi connectivity index (χ1) is 13.2. The molecule has 3 heterocycles. The molecular formula is C18H29IN6O2S. The highest BCUT2D eigenvalue weighted by Crippen LogP contribution is 2.28. The summed E-state index contributed by atoms with van der Waals surface area (Å²) in [5, 5.41) is 11.1. The summed E-state index contributed by atoms with van der Waals surface area (Å²) >= 11 is 1.78. The molecule has 3 amide bonds. The van der Waals surface area contributed by atoms with Crippen LogP contribution in [0.2, 0.25) is 0 Å². The van der Waals surface area contributed by atoms with E-state index in [0.29, 0.717) is 31.6 Å². The average molecular weight is 520 g/mol. The lowest BCUT2D eigenvalue weighted by Crippen LogP contribution is -2.43. The zero-order valence-corrected chi connectivity index (χ0v) is 19.3. The van der Waals surface area contributed by atoms with Crippen molar-refractivity contribution in [3.05, 3.63) is 22.4 Å². The Hall–Kier alpha value is -1.40. The highest BCUT2D eigenvalue weighted by Gasteiger charge is 2.28. The number of amides is 3. The first kappa shape index (κ1) is 22.9. The van der Waals surface area contributed by atoms with Gasteiger partial charge in [0.05, 0.1) is 19.1 Å². The third-order valence-electron chi connectivity index (χ3n) is 4.78. The van der Waals surface area contributed by atoms with Crippen molar-refractivity contribution in [3.63, 3.8) is 0 Å². The van der Waals surface area contributed by atoms with Gasteiger partial charge in [-0.15, -0.1) is 35.3 Å². The van der Waals surface area contributed by atoms with Crippen LogP contribution in [0.25, 0.3) is 0 Å². The number of aliphatic imine (C=N–C) groups is 1. The van der Waals surface area contributed by atoms with Crippen molar-refractivity contribution in [2.75, 3.05) is 45.8 Å². The van der Waals surface area contributed by atoms with Gasteiger partial charge in [-0.2, -0.15) is 0 Å². The third kappa shape index (κ3) is 6.05. The maximum Gasteiger partial charge on any atom is 0.324 e. The minimum Gasteiger partial charge on any atom is -0.357 e. The smallest absolute Gasteiger partial charge is 0.324 e. The van der Waals surface area contributed by atoms with E-state index in [-0.39, 0.29) is 42.5 Å². The molecule has 3 N–H and O–H groups in total. The molecule has 0 spiro atoms. The van der Waals surface area contributed by atoms with Crippen LogP contribution in [0.4, 0.5) is 4.79 Å². The number of thiophene rings is 1. The largest absolute Gasteiger partial charge is 0.357 e. The zero-order chi connectivity index (χ0) is 19.1. The van der Waals surface area contributed by atoms with Gasteiger partial charge in [-0.1, -0.05) is 6.07 Å². The minimum atomic E-state index is -0.324. The molecule has 2 saturated heterocycles. The summed E-state index contributed by atoms with van der Waals surface area (Å²) in [7, 11) is 0. The molecular weight excluding hydrogens is 491 g/mol. The van der Waals surface area contributed by atoms with Crippen molar-refractivity contribution in [1.82, 2.24) is 25.8 Å². The summed E-state index contributed by atoms with van der Waals surface area (Å²) in [5.41, 5.74) is 0. The van der Waals surface area contributed by atoms with Gasteiger partial charge in [-0.05, 0) is 44.3 Å². The highest BCUT2D eigenvalue weighted by molar-refractivity contribution is 14.0. The van der Waals surface area contributed by atoms with Crippen LogP contribution in [-0.4, -0.2) is 73.5 Å². The van der Waals surface area contributed by atoms with Crippen molar-refractivity contribution in [1.29, 1.82) is 0 Å². The molecule has 2 aliphatic rings. The van der Waals surface area contributed by atoms with E-state index in [1.54, 1.807) is 11.3 Å². The molecule has 1 unspecified atom stereocenters. The fourth-order valence-electron chi connectivity index (χ4n) is 3.41. The van der Waals surface area contributed by atoms with E-state index in [9.17, 15) is 9.59 Å². The van der Waals surface area contributed by atoms with E-state index in [1.807, 2.05) is 6.92 Å². The molecule has 1 aromatic heterocycles. The van der Waals surface area contributed by atoms with Gasteiger partial charge in [0.2, 0.25) is 5.91 Å². The number of nitrogens with one attached hydrogen (secondary N) is 3. The van der Waals surface area contributed by atoms with Crippen LogP contribution in [0.15, 0.2) is 22.5 Å². The van der Waals surface area contributed by atoms with E-state index >= 15 is 0 Å². The molecule has 3 rings (SSSR count). The summed E-state index contributed by atoms with van der Waals surface area (Å²) in [6.07, 6.45) is 2.49. The Bertz CT molecular complexity index is 647. The van der Waals surface area contributed by atoms with Gasteiger partial charge in [0.1, 0.15) is 0 Å². The normalized spacial score (nSPS) is 18.8. The Morgan fingerprint density at radius 1 is 1.32 bits per heavy atom. The molecule has 8 nitrogen and oxygen atoms in total. The molecule has 0 bridgehead atoms. The van der Waals surface area contributed by atoms with Crippen molar-refractivity contribution in [2.24, 2.45) is 4.99 Å². The predicted octanol–water partition coefficient (Wildman–Crippen LogP) is 1.61. The molecule has 1 atom stereocenters. The number of hydrogen-bond acceptors (Lipinski definition) is 5. The average Bonchev–Trinajstić information content (AvgIpc) is 3.41. The van der Waals surface area contributed by atoms with E-state index in [2.05, 4.69) is 38.4 Å². The Kier molecular flexibility index (Phi) is 9.45. The van der Waals surface area contributed by atoms with Gasteiger partial charge in [-0.3, -0.25) is 19.6 Å². The second-order valence-electron chi connectivity index (χ2n) is 6.62. The standard InChI is InChI=1S/C18H28N6O2S.HI/c1-2-19-17(20-7-10-24-16(25)13-22-18(24)26)21-12-14(15-6-5-11-27-15)23-8-3-4-9-23;/h5-6,11,14H,2-4,7-10,12-13H2,1H3,(H,22,26)(H2,19,20,21);1H. The Balaban J connectivity index is 0.00000280. The number of likely N-dealkylation sites (tertiary alicyclic amines) is 1. The number of carbonyl (C=O) groups excluding carboxylic acids is 2. The second-order valence-corrected chi connectivity index (χ2v) is 7.60. The number of rotatable bonds is 8. The van der Waals surface area contributed by atoms with Gasteiger partial charge in [0.15, 0.2) is 5.96 Å². The van der Waals surface area contributed by atoms with E-state index in [4.69, 9.17) is 4.99 Å². The van der Waals surface area contributed by atoms with Crippen LogP contribution in [0, 0.1) is 0 Å². The number of imide groups is 1. The van der Waals surface area contributed by atoms with Crippen molar-refractivity contribution in [2.45, 2.75) is 25.8 Å². The van der Waals surface area contributed by atoms with Gasteiger partial charge in [0.25, 0.3) is 0 Å². The predicted molar refractivity (Wildman–Crippen MR) is 122 cm³/mol. The van der Waals surface area contributed by atoms with E-state index in [0.717, 1.165) is 19.6 Å². The molecule has 0 aliphatic carbocycles. The highest BCUT2D eigenvalue weighted by atomic mass is 127. The minimum absolute atomic E-state index is 0. The molecule has 0 saturated carbocycles. The lowest BCUT2D eigenvalue weighted by atomic mass is 10.2. The number of halogens is 1. The summed E-state index contributed by atoms with van der Waals surface area (Å²) in [6.45, 7) is 6.58. The second kappa shape index (κ2) is 11.6. The van der Waals surface area contributed by atoms with Crippen LogP contribution in [0.1, 0.15) is 30.7 Å². The molecule has 1 aromatic rings. The van der Waals surface area contributed by atoms with E-state index < -0.39 is 0 Å². The van der Waals surface area contributed by atoms with Crippen LogP contribution in [0.5, 0.6) is 0 Å². The maximum absolute atomic E-state index is 11.6. The van der Waals surface area contributed by atoms with Gasteiger partial charge in [0, 0.05) is 24.5 Å². The molecule has 0 aromatic carbocycles. The van der Waals surface area contributed by atoms with Crippen molar-refractivity contribution >= 4 is 53.2 Å². The number of carbonyl (C=O) groups is 2. The fraction of sp³-hybridized carbons (Fsp3) is 0.611. The number of nitrogens with zero attached hydrogens (tertiary/aromatic N) is 3. The first-order valence-electron chi connectivity index (χ1n) is 9.57. The van der Waals surface area contributed by atoms with Crippen LogP contribution >= 0.6 is 35.3 Å². The number of guanidine groups is 1. The number of urea groups is 1. The van der Waals surface area contributed by atoms with Crippen LogP contribution in [-0.2, 0) is 4.79 Å². The van der Waals surface area contributed by atoms with Crippen molar-refractivity contribution < 1.29 is 9.59 Å². The van der Waals surface area contributed by atoms with Gasteiger partial charge in [-0.25, -0.2) is 4.79 Å². The van der Waals surface area contributed by atoms with Crippen LogP contribution < -0.4 is 16.0 Å². The Morgan fingerprint density at radius 2 is 2.11 bits per heavy atom. The lowest BCUT2D eigenvalue weighted by Gasteiger charge is -2.25. The van der Waals surface area contributed by atoms with Gasteiger partial charge < -0.3 is 16.0 Å². The lowest BCUT2D eigenvalue weighted by molar-refractivity contribution is -0.124.